The second-order valence-electron chi connectivity index (χ2n) is 6.36. The molecule has 0 atom stereocenters. The van der Waals surface area contributed by atoms with Gasteiger partial charge in [0.15, 0.2) is 0 Å². The number of nitrogens with zero attached hydrogens (tertiary/aromatic N) is 2. The Balaban J connectivity index is 1.84. The van der Waals surface area contributed by atoms with Gasteiger partial charge in [-0.1, -0.05) is 12.1 Å². The Hall–Kier alpha value is -2.44. The predicted molar refractivity (Wildman–Crippen MR) is 104 cm³/mol. The van der Waals surface area contributed by atoms with Crippen LogP contribution in [0.2, 0.25) is 0 Å². The van der Waals surface area contributed by atoms with Crippen LogP contribution in [-0.4, -0.2) is 29.9 Å². The largest absolute Gasteiger partial charge is 0.381 e. The number of primary amides is 1. The Morgan fingerprint density at radius 2 is 2.04 bits per heavy atom. The molecule has 3 aromatic rings. The van der Waals surface area contributed by atoms with E-state index in [0.717, 1.165) is 28.3 Å². The molecule has 6 heteroatoms. The lowest BCUT2D eigenvalue weighted by atomic mass is 10.1. The van der Waals surface area contributed by atoms with Crippen LogP contribution in [-0.2, 0) is 13.1 Å². The van der Waals surface area contributed by atoms with Gasteiger partial charge in [-0.15, -0.1) is 11.3 Å². The molecule has 0 fully saturated rings. The fourth-order valence-corrected chi connectivity index (χ4v) is 3.66. The molecule has 0 saturated heterocycles. The Bertz CT molecular complexity index is 917. The van der Waals surface area contributed by atoms with Crippen molar-refractivity contribution in [3.63, 3.8) is 0 Å². The molecule has 3 rings (SSSR count). The second-order valence-corrected chi connectivity index (χ2v) is 7.60. The zero-order chi connectivity index (χ0) is 18.0. The Kier molecular flexibility index (Phi) is 5.01. The fourth-order valence-electron chi connectivity index (χ4n) is 2.76. The van der Waals surface area contributed by atoms with E-state index >= 15 is 0 Å². The molecule has 0 unspecified atom stereocenters. The van der Waals surface area contributed by atoms with E-state index in [1.807, 2.05) is 33.2 Å². The molecular weight excluding hydrogens is 332 g/mol. The smallest absolute Gasteiger partial charge is 0.248 e. The van der Waals surface area contributed by atoms with Gasteiger partial charge in [-0.05, 0) is 56.4 Å². The van der Waals surface area contributed by atoms with Crippen LogP contribution >= 0.6 is 11.3 Å². The summed E-state index contributed by atoms with van der Waals surface area (Å²) in [5, 5.41) is 4.52. The Morgan fingerprint density at radius 1 is 1.24 bits per heavy atom. The lowest BCUT2D eigenvalue weighted by Gasteiger charge is -2.16. The average molecular weight is 354 g/mol. The molecule has 2 aromatic carbocycles. The number of nitrogens with two attached hydrogens (primary N) is 1. The van der Waals surface area contributed by atoms with E-state index in [1.165, 1.54) is 10.3 Å². The third-order valence-electron chi connectivity index (χ3n) is 3.92. The van der Waals surface area contributed by atoms with Crippen LogP contribution in [0.3, 0.4) is 0 Å². The van der Waals surface area contributed by atoms with Crippen LogP contribution in [0.5, 0.6) is 0 Å². The summed E-state index contributed by atoms with van der Waals surface area (Å²) >= 11 is 1.70. The first-order chi connectivity index (χ1) is 11.9. The summed E-state index contributed by atoms with van der Waals surface area (Å²) < 4.78 is 1.19. The lowest BCUT2D eigenvalue weighted by Crippen LogP contribution is -2.15. The number of nitrogens with one attached hydrogen (secondary N) is 1. The van der Waals surface area contributed by atoms with Crippen LogP contribution in [0.1, 0.15) is 26.5 Å². The van der Waals surface area contributed by atoms with Gasteiger partial charge in [0.1, 0.15) is 0 Å². The van der Waals surface area contributed by atoms with Crippen LogP contribution in [0.15, 0.2) is 36.4 Å². The summed E-state index contributed by atoms with van der Waals surface area (Å²) in [7, 11) is 4.04. The monoisotopic (exact) mass is 354 g/mol. The summed E-state index contributed by atoms with van der Waals surface area (Å²) in [4.78, 5) is 18.1. The summed E-state index contributed by atoms with van der Waals surface area (Å²) in [6.07, 6.45) is 0. The van der Waals surface area contributed by atoms with Crippen LogP contribution in [0.4, 0.5) is 5.69 Å². The van der Waals surface area contributed by atoms with Gasteiger partial charge in [0.25, 0.3) is 0 Å². The number of carbonyl (C=O) groups excluding carboxylic acids is 1. The number of thiazole rings is 1. The standard InChI is InChI=1S/C19H22N4OS/c1-12-22-16-7-4-13(8-18(16)25-12)10-21-17-9-14(19(20)24)5-6-15(17)11-23(2)3/h4-9,21H,10-11H2,1-3H3,(H2,20,24). The van der Waals surface area contributed by atoms with Crippen molar-refractivity contribution in [2.75, 3.05) is 19.4 Å². The van der Waals surface area contributed by atoms with Gasteiger partial charge in [-0.25, -0.2) is 4.98 Å². The minimum absolute atomic E-state index is 0.416. The molecule has 0 aliphatic rings. The predicted octanol–water partition coefficient (Wildman–Crippen LogP) is 3.38. The molecule has 5 nitrogen and oxygen atoms in total. The van der Waals surface area contributed by atoms with Crippen molar-refractivity contribution in [1.82, 2.24) is 9.88 Å². The summed E-state index contributed by atoms with van der Waals surface area (Å²) in [5.74, 6) is -0.416. The second kappa shape index (κ2) is 7.21. The van der Waals surface area contributed by atoms with Crippen molar-refractivity contribution in [2.24, 2.45) is 5.73 Å². The summed E-state index contributed by atoms with van der Waals surface area (Å²) in [6.45, 7) is 3.48. The highest BCUT2D eigenvalue weighted by atomic mass is 32.1. The molecule has 0 radical (unpaired) electrons. The first-order valence-corrected chi connectivity index (χ1v) is 8.91. The average Bonchev–Trinajstić information content (AvgIpc) is 2.92. The van der Waals surface area contributed by atoms with Crippen LogP contribution < -0.4 is 11.1 Å². The molecule has 3 N–H and O–H groups in total. The molecule has 0 spiro atoms. The Morgan fingerprint density at radius 3 is 2.76 bits per heavy atom. The number of rotatable bonds is 6. The van der Waals surface area contributed by atoms with Crippen molar-refractivity contribution in [2.45, 2.75) is 20.0 Å². The number of aryl methyl sites for hydroxylation is 1. The minimum atomic E-state index is -0.416. The van der Waals surface area contributed by atoms with E-state index in [-0.39, 0.29) is 0 Å². The first-order valence-electron chi connectivity index (χ1n) is 8.10. The van der Waals surface area contributed by atoms with E-state index < -0.39 is 5.91 Å². The number of hydrogen-bond acceptors (Lipinski definition) is 5. The van der Waals surface area contributed by atoms with Gasteiger partial charge in [0.05, 0.1) is 15.2 Å². The number of amides is 1. The van der Waals surface area contributed by atoms with Gasteiger partial charge in [0.2, 0.25) is 5.91 Å². The van der Waals surface area contributed by atoms with E-state index in [4.69, 9.17) is 5.73 Å². The van der Waals surface area contributed by atoms with Crippen molar-refractivity contribution >= 4 is 33.1 Å². The minimum Gasteiger partial charge on any atom is -0.381 e. The molecule has 0 aliphatic carbocycles. The maximum absolute atomic E-state index is 11.5. The van der Waals surface area contributed by atoms with E-state index in [2.05, 4.69) is 33.4 Å². The quantitative estimate of drug-likeness (QED) is 0.712. The van der Waals surface area contributed by atoms with E-state index in [0.29, 0.717) is 12.1 Å². The van der Waals surface area contributed by atoms with E-state index in [9.17, 15) is 4.79 Å². The molecule has 0 bridgehead atoms. The number of hydrogen-bond donors (Lipinski definition) is 2. The highest BCUT2D eigenvalue weighted by Crippen LogP contribution is 2.24. The summed E-state index contributed by atoms with van der Waals surface area (Å²) in [5.41, 5.74) is 10.2. The number of anilines is 1. The van der Waals surface area contributed by atoms with Crippen molar-refractivity contribution in [3.8, 4) is 0 Å². The maximum atomic E-state index is 11.5. The van der Waals surface area contributed by atoms with Crippen LogP contribution in [0.25, 0.3) is 10.2 Å². The topological polar surface area (TPSA) is 71.2 Å². The normalized spacial score (nSPS) is 11.2. The zero-order valence-corrected chi connectivity index (χ0v) is 15.5. The lowest BCUT2D eigenvalue weighted by molar-refractivity contribution is 0.100. The van der Waals surface area contributed by atoms with Crippen molar-refractivity contribution < 1.29 is 4.79 Å². The molecule has 0 aliphatic heterocycles. The molecule has 0 saturated carbocycles. The Labute approximate surface area is 151 Å². The molecular formula is C19H22N4OS. The number of carbonyl (C=O) groups is 1. The maximum Gasteiger partial charge on any atom is 0.248 e. The molecule has 25 heavy (non-hydrogen) atoms. The number of aromatic nitrogens is 1. The molecule has 1 aromatic heterocycles. The van der Waals surface area contributed by atoms with Gasteiger partial charge >= 0.3 is 0 Å². The van der Waals surface area contributed by atoms with Gasteiger partial charge < -0.3 is 16.0 Å². The third-order valence-corrected chi connectivity index (χ3v) is 4.86. The number of fused-ring (bicyclic) bond motifs is 1. The third kappa shape index (κ3) is 4.15. The number of benzene rings is 2. The van der Waals surface area contributed by atoms with Gasteiger partial charge in [-0.3, -0.25) is 4.79 Å². The first kappa shape index (κ1) is 17.4. The molecule has 130 valence electrons. The van der Waals surface area contributed by atoms with E-state index in [1.54, 1.807) is 17.4 Å². The van der Waals surface area contributed by atoms with Crippen molar-refractivity contribution in [1.29, 1.82) is 0 Å². The summed E-state index contributed by atoms with van der Waals surface area (Å²) in [6, 6.07) is 11.9. The zero-order valence-electron chi connectivity index (χ0n) is 14.7. The molecule has 1 heterocycles. The SMILES string of the molecule is Cc1nc2ccc(CNc3cc(C(N)=O)ccc3CN(C)C)cc2s1. The van der Waals surface area contributed by atoms with Crippen LogP contribution in [0, 0.1) is 6.92 Å². The van der Waals surface area contributed by atoms with Crippen molar-refractivity contribution in [3.05, 3.63) is 58.1 Å². The molecule has 1 amide bonds. The fraction of sp³-hybridized carbons (Fsp3) is 0.263. The van der Waals surface area contributed by atoms with Gasteiger partial charge in [-0.2, -0.15) is 0 Å². The highest BCUT2D eigenvalue weighted by Gasteiger charge is 2.09. The highest BCUT2D eigenvalue weighted by molar-refractivity contribution is 7.18. The van der Waals surface area contributed by atoms with Gasteiger partial charge in [0, 0.05) is 24.3 Å².